The summed E-state index contributed by atoms with van der Waals surface area (Å²) in [6.07, 6.45) is 9.15. The predicted octanol–water partition coefficient (Wildman–Crippen LogP) is 7.01. The van der Waals surface area contributed by atoms with Crippen molar-refractivity contribution in [3.8, 4) is 11.1 Å². The highest BCUT2D eigenvalue weighted by molar-refractivity contribution is 6.34. The van der Waals surface area contributed by atoms with Gasteiger partial charge in [0.2, 0.25) is 0 Å². The molecule has 2 atom stereocenters. The van der Waals surface area contributed by atoms with Gasteiger partial charge in [0.1, 0.15) is 5.52 Å². The maximum absolute atomic E-state index is 11.4. The molecule has 264 valence electrons. The predicted molar refractivity (Wildman–Crippen MR) is 204 cm³/mol. The Morgan fingerprint density at radius 2 is 1.52 bits per heavy atom. The van der Waals surface area contributed by atoms with Crippen molar-refractivity contribution in [2.24, 2.45) is 5.92 Å². The highest BCUT2D eigenvalue weighted by Gasteiger charge is 2.28. The van der Waals surface area contributed by atoms with Crippen LogP contribution in [0, 0.1) is 12.8 Å². The van der Waals surface area contributed by atoms with E-state index in [2.05, 4.69) is 45.2 Å². The fourth-order valence-electron chi connectivity index (χ4n) is 7.61. The van der Waals surface area contributed by atoms with Crippen LogP contribution in [0.3, 0.4) is 0 Å². The number of aliphatic carboxylic acids is 1. The molecule has 2 aliphatic heterocycles. The molecule has 2 fully saturated rings. The van der Waals surface area contributed by atoms with Gasteiger partial charge in [-0.25, -0.2) is 4.98 Å². The topological polar surface area (TPSA) is 128 Å². The zero-order chi connectivity index (χ0) is 35.8. The van der Waals surface area contributed by atoms with Gasteiger partial charge in [-0.1, -0.05) is 41.9 Å². The molecule has 0 aliphatic carbocycles. The third-order valence-electron chi connectivity index (χ3n) is 10.4. The Labute approximate surface area is 307 Å². The number of carboxylic acid groups (broad SMARTS) is 1. The molecule has 0 unspecified atom stereocenters. The lowest BCUT2D eigenvalue weighted by atomic mass is 9.96. The molecule has 2 saturated heterocycles. The summed E-state index contributed by atoms with van der Waals surface area (Å²) in [6, 6.07) is 20.5. The second-order valence-corrected chi connectivity index (χ2v) is 14.4. The molecule has 52 heavy (non-hydrogen) atoms. The number of nitrogens with one attached hydrogen (secondary N) is 1. The van der Waals surface area contributed by atoms with E-state index in [1.165, 1.54) is 0 Å². The van der Waals surface area contributed by atoms with Crippen molar-refractivity contribution >= 4 is 50.9 Å². The minimum Gasteiger partial charge on any atom is -0.481 e. The minimum absolute atomic E-state index is 0.248. The van der Waals surface area contributed by atoms with E-state index in [4.69, 9.17) is 26.6 Å². The first-order valence-corrected chi connectivity index (χ1v) is 18.1. The molecule has 0 saturated carbocycles. The number of rotatable bonds is 10. The highest BCUT2D eigenvalue weighted by atomic mass is 35.5. The Hall–Kier alpha value is -5.00. The average Bonchev–Trinajstić information content (AvgIpc) is 3.79. The zero-order valence-electron chi connectivity index (χ0n) is 29.0. The third-order valence-corrected chi connectivity index (χ3v) is 10.8. The molecule has 3 N–H and O–H groups in total. The fourth-order valence-corrected chi connectivity index (χ4v) is 7.90. The first-order valence-electron chi connectivity index (χ1n) is 17.7. The standard InChI is InChI=1S/C41H40ClN7O3/c1-25-33(5-3-7-35(25)47-40-39-30(9-13-44-40)17-27(20-46-39)22-49-15-11-32(50)24-49)34-6-2-4-28(37(34)42)18-36-38-29(8-12-43-36)16-26(19-45-38)21-48-14-10-31(23-48)41(51)52/h2-9,12-13,16-17,19-20,31-32,50H,10-11,14-15,18,21-24H2,1H3,(H,44,47)(H,51,52)/t31-,32-/m1/s1. The first-order chi connectivity index (χ1) is 25.3. The summed E-state index contributed by atoms with van der Waals surface area (Å²) >= 11 is 7.19. The molecule has 0 spiro atoms. The Morgan fingerprint density at radius 1 is 0.846 bits per heavy atom. The monoisotopic (exact) mass is 713 g/mol. The van der Waals surface area contributed by atoms with Crippen LogP contribution in [0.4, 0.5) is 11.5 Å². The van der Waals surface area contributed by atoms with E-state index in [0.29, 0.717) is 43.3 Å². The zero-order valence-corrected chi connectivity index (χ0v) is 29.7. The number of fused-ring (bicyclic) bond motifs is 2. The number of benzene rings is 2. The minimum atomic E-state index is -0.724. The molecular formula is C41H40ClN7O3. The van der Waals surface area contributed by atoms with Gasteiger partial charge in [0, 0.05) is 86.0 Å². The largest absolute Gasteiger partial charge is 0.481 e. The van der Waals surface area contributed by atoms with Crippen LogP contribution in [0.25, 0.3) is 32.9 Å². The Kier molecular flexibility index (Phi) is 9.55. The maximum atomic E-state index is 11.4. The van der Waals surface area contributed by atoms with Crippen molar-refractivity contribution in [3.63, 3.8) is 0 Å². The number of hydrogen-bond donors (Lipinski definition) is 3. The molecule has 4 aromatic heterocycles. The number of carbonyl (C=O) groups is 1. The van der Waals surface area contributed by atoms with Crippen molar-refractivity contribution in [2.75, 3.05) is 31.5 Å². The maximum Gasteiger partial charge on any atom is 0.307 e. The number of likely N-dealkylation sites (tertiary alicyclic amines) is 2. The SMILES string of the molecule is Cc1c(Nc2nccc3cc(CN4CC[C@@H](O)C4)cnc23)cccc1-c1cccc(Cc2nccc3cc(CN4CC[C@@H](C(=O)O)C4)cnc23)c1Cl. The van der Waals surface area contributed by atoms with Gasteiger partial charge in [-0.05, 0) is 84.5 Å². The van der Waals surface area contributed by atoms with Crippen molar-refractivity contribution in [1.82, 2.24) is 29.7 Å². The van der Waals surface area contributed by atoms with Crippen LogP contribution in [0.1, 0.15) is 40.8 Å². The fraction of sp³-hybridized carbons (Fsp3) is 0.293. The normalized spacial score (nSPS) is 18.1. The number of pyridine rings is 4. The Morgan fingerprint density at radius 3 is 2.25 bits per heavy atom. The molecule has 10 nitrogen and oxygen atoms in total. The lowest BCUT2D eigenvalue weighted by Gasteiger charge is -2.17. The molecule has 11 heteroatoms. The molecule has 0 bridgehead atoms. The van der Waals surface area contributed by atoms with Crippen LogP contribution in [0.5, 0.6) is 0 Å². The Balaban J connectivity index is 1.02. The molecule has 2 aliphatic rings. The summed E-state index contributed by atoms with van der Waals surface area (Å²) in [4.78, 5) is 34.8. The molecule has 0 radical (unpaired) electrons. The van der Waals surface area contributed by atoms with E-state index < -0.39 is 5.97 Å². The number of aliphatic hydroxyl groups excluding tert-OH is 1. The van der Waals surface area contributed by atoms with Gasteiger partial charge in [0.15, 0.2) is 5.82 Å². The Bertz CT molecular complexity index is 2300. The van der Waals surface area contributed by atoms with Gasteiger partial charge in [0.05, 0.1) is 28.3 Å². The summed E-state index contributed by atoms with van der Waals surface area (Å²) in [5.41, 5.74) is 9.49. The lowest BCUT2D eigenvalue weighted by Crippen LogP contribution is -2.22. The van der Waals surface area contributed by atoms with Crippen molar-refractivity contribution < 1.29 is 15.0 Å². The molecular weight excluding hydrogens is 674 g/mol. The average molecular weight is 714 g/mol. The van der Waals surface area contributed by atoms with Gasteiger partial charge in [-0.3, -0.25) is 29.5 Å². The van der Waals surface area contributed by atoms with Gasteiger partial charge in [0.25, 0.3) is 0 Å². The summed E-state index contributed by atoms with van der Waals surface area (Å²) in [5, 5.41) is 25.5. The smallest absolute Gasteiger partial charge is 0.307 e. The molecule has 0 amide bonds. The van der Waals surface area contributed by atoms with Crippen molar-refractivity contribution in [3.05, 3.63) is 118 Å². The highest BCUT2D eigenvalue weighted by Crippen LogP contribution is 2.37. The van der Waals surface area contributed by atoms with Gasteiger partial charge < -0.3 is 15.5 Å². The number of aromatic nitrogens is 4. The molecule has 6 aromatic rings. The number of nitrogens with zero attached hydrogens (tertiary/aromatic N) is 6. The number of halogens is 1. The van der Waals surface area contributed by atoms with Crippen LogP contribution in [-0.4, -0.2) is 78.2 Å². The second-order valence-electron chi connectivity index (χ2n) is 14.0. The lowest BCUT2D eigenvalue weighted by molar-refractivity contribution is -0.141. The van der Waals surface area contributed by atoms with Crippen LogP contribution in [-0.2, 0) is 24.3 Å². The number of β-amino-alcohol motifs (C(OH)–C–C–N with tert-alkyl or cyclic N) is 1. The van der Waals surface area contributed by atoms with Gasteiger partial charge in [-0.2, -0.15) is 0 Å². The summed E-state index contributed by atoms with van der Waals surface area (Å²) in [6.45, 7) is 6.44. The third kappa shape index (κ3) is 7.07. The van der Waals surface area contributed by atoms with E-state index in [1.807, 2.05) is 61.1 Å². The van der Waals surface area contributed by atoms with E-state index in [9.17, 15) is 15.0 Å². The van der Waals surface area contributed by atoms with Crippen LogP contribution < -0.4 is 5.32 Å². The van der Waals surface area contributed by atoms with Crippen LogP contribution in [0.2, 0.25) is 5.02 Å². The molecule has 2 aromatic carbocycles. The van der Waals surface area contributed by atoms with Crippen molar-refractivity contribution in [2.45, 2.75) is 45.4 Å². The van der Waals surface area contributed by atoms with Gasteiger partial charge in [-0.15, -0.1) is 0 Å². The van der Waals surface area contributed by atoms with Crippen LogP contribution in [0.15, 0.2) is 85.5 Å². The van der Waals surface area contributed by atoms with Crippen molar-refractivity contribution in [1.29, 1.82) is 0 Å². The summed E-state index contributed by atoms with van der Waals surface area (Å²) < 4.78 is 0. The summed E-state index contributed by atoms with van der Waals surface area (Å²) in [7, 11) is 0. The van der Waals surface area contributed by atoms with E-state index in [0.717, 1.165) is 92.6 Å². The quantitative estimate of drug-likeness (QED) is 0.136. The van der Waals surface area contributed by atoms with E-state index in [-0.39, 0.29) is 12.0 Å². The molecule has 8 rings (SSSR count). The second kappa shape index (κ2) is 14.6. The first kappa shape index (κ1) is 34.1. The number of carboxylic acids is 1. The van der Waals surface area contributed by atoms with Gasteiger partial charge >= 0.3 is 5.97 Å². The van der Waals surface area contributed by atoms with Crippen LogP contribution >= 0.6 is 11.6 Å². The number of hydrogen-bond acceptors (Lipinski definition) is 9. The molecule has 6 heterocycles. The number of anilines is 2. The van der Waals surface area contributed by atoms with E-state index in [1.54, 1.807) is 6.20 Å². The van der Waals surface area contributed by atoms with E-state index >= 15 is 0 Å². The number of aliphatic hydroxyl groups is 1. The summed E-state index contributed by atoms with van der Waals surface area (Å²) in [5.74, 6) is -0.343.